The molecule has 116 valence electrons. The third-order valence-corrected chi connectivity index (χ3v) is 5.52. The number of hydrogen-bond acceptors (Lipinski definition) is 3. The van der Waals surface area contributed by atoms with Crippen molar-refractivity contribution in [2.24, 2.45) is 0 Å². The molecular weight excluding hydrogens is 292 g/mol. The first-order valence-corrected chi connectivity index (χ1v) is 8.39. The number of hydrogen-bond donors (Lipinski definition) is 2. The zero-order chi connectivity index (χ0) is 15.6. The van der Waals surface area contributed by atoms with Crippen molar-refractivity contribution in [2.75, 3.05) is 13.6 Å². The quantitative estimate of drug-likeness (QED) is 0.863. The van der Waals surface area contributed by atoms with E-state index in [1.807, 2.05) is 0 Å². The van der Waals surface area contributed by atoms with Gasteiger partial charge in [-0.3, -0.25) is 0 Å². The minimum absolute atomic E-state index is 0.184. The van der Waals surface area contributed by atoms with Crippen LogP contribution in [0, 0.1) is 0 Å². The van der Waals surface area contributed by atoms with Gasteiger partial charge in [0.05, 0.1) is 5.56 Å². The number of benzene rings is 1. The summed E-state index contributed by atoms with van der Waals surface area (Å²) in [5.41, 5.74) is 1.97. The topological polar surface area (TPSA) is 86.7 Å². The predicted octanol–water partition coefficient (Wildman–Crippen LogP) is 1.55. The Morgan fingerprint density at radius 1 is 1.48 bits per heavy atom. The van der Waals surface area contributed by atoms with Gasteiger partial charge in [-0.1, -0.05) is 13.0 Å². The van der Waals surface area contributed by atoms with Gasteiger partial charge in [-0.25, -0.2) is 4.79 Å². The van der Waals surface area contributed by atoms with E-state index in [2.05, 4.69) is 4.72 Å². The maximum atomic E-state index is 12.2. The van der Waals surface area contributed by atoms with Gasteiger partial charge >= 0.3 is 5.97 Å². The largest absolute Gasteiger partial charge is 0.478 e. The van der Waals surface area contributed by atoms with Crippen LogP contribution in [0.15, 0.2) is 18.2 Å². The Bertz CT molecular complexity index is 642. The summed E-state index contributed by atoms with van der Waals surface area (Å²) in [7, 11) is -2.04. The van der Waals surface area contributed by atoms with Crippen molar-refractivity contribution in [1.29, 1.82) is 0 Å². The van der Waals surface area contributed by atoms with Gasteiger partial charge in [0.1, 0.15) is 0 Å². The van der Waals surface area contributed by atoms with Crippen LogP contribution in [0.3, 0.4) is 0 Å². The number of nitrogens with zero attached hydrogens (tertiary/aromatic N) is 1. The van der Waals surface area contributed by atoms with E-state index < -0.39 is 16.2 Å². The Balaban J connectivity index is 2.33. The van der Waals surface area contributed by atoms with E-state index >= 15 is 0 Å². The summed E-state index contributed by atoms with van der Waals surface area (Å²) in [5.74, 6) is -1.00. The second-order valence-corrected chi connectivity index (χ2v) is 7.01. The van der Waals surface area contributed by atoms with E-state index in [4.69, 9.17) is 5.11 Å². The van der Waals surface area contributed by atoms with Crippen LogP contribution in [-0.2, 0) is 16.6 Å². The highest BCUT2D eigenvalue weighted by Crippen LogP contribution is 2.31. The van der Waals surface area contributed by atoms with Gasteiger partial charge in [-0.15, -0.1) is 0 Å². The molecule has 1 aliphatic carbocycles. The highest BCUT2D eigenvalue weighted by atomic mass is 32.2. The molecule has 0 saturated heterocycles. The van der Waals surface area contributed by atoms with E-state index in [0.29, 0.717) is 13.0 Å². The number of carbonyl (C=O) groups is 1. The van der Waals surface area contributed by atoms with Gasteiger partial charge in [0.2, 0.25) is 0 Å². The molecular formula is C14H20N2O4S. The lowest BCUT2D eigenvalue weighted by Crippen LogP contribution is -2.41. The van der Waals surface area contributed by atoms with Crippen LogP contribution in [-0.4, -0.2) is 37.4 Å². The zero-order valence-electron chi connectivity index (χ0n) is 12.2. The molecule has 0 bridgehead atoms. The molecule has 0 aliphatic heterocycles. The van der Waals surface area contributed by atoms with Crippen molar-refractivity contribution >= 4 is 16.2 Å². The van der Waals surface area contributed by atoms with Gasteiger partial charge in [-0.05, 0) is 42.5 Å². The number of aryl methyl sites for hydroxylation is 1. The second kappa shape index (κ2) is 6.13. The summed E-state index contributed by atoms with van der Waals surface area (Å²) in [5, 5.41) is 9.08. The summed E-state index contributed by atoms with van der Waals surface area (Å²) < 4.78 is 28.2. The van der Waals surface area contributed by atoms with Crippen LogP contribution >= 0.6 is 0 Å². The number of carboxylic acids is 1. The minimum atomic E-state index is -3.55. The van der Waals surface area contributed by atoms with Crippen LogP contribution in [0.2, 0.25) is 0 Å². The molecule has 1 unspecified atom stereocenters. The van der Waals surface area contributed by atoms with Crippen molar-refractivity contribution in [3.05, 3.63) is 34.9 Å². The van der Waals surface area contributed by atoms with E-state index in [-0.39, 0.29) is 11.6 Å². The Labute approximate surface area is 125 Å². The molecule has 0 aromatic heterocycles. The van der Waals surface area contributed by atoms with Crippen molar-refractivity contribution in [3.63, 3.8) is 0 Å². The molecule has 1 aromatic carbocycles. The number of rotatable bonds is 5. The molecule has 1 aliphatic rings. The smallest absolute Gasteiger partial charge is 0.335 e. The van der Waals surface area contributed by atoms with Crippen molar-refractivity contribution < 1.29 is 18.3 Å². The number of carboxylic acid groups (broad SMARTS) is 1. The molecule has 6 nitrogen and oxygen atoms in total. The fourth-order valence-electron chi connectivity index (χ4n) is 2.49. The predicted molar refractivity (Wildman–Crippen MR) is 79.4 cm³/mol. The average molecular weight is 312 g/mol. The van der Waals surface area contributed by atoms with Gasteiger partial charge in [0.25, 0.3) is 10.2 Å². The maximum Gasteiger partial charge on any atom is 0.335 e. The van der Waals surface area contributed by atoms with E-state index in [0.717, 1.165) is 24.0 Å². The lowest BCUT2D eigenvalue weighted by atomic mass is 9.87. The molecule has 1 aromatic rings. The van der Waals surface area contributed by atoms with Crippen molar-refractivity contribution in [2.45, 2.75) is 32.2 Å². The molecule has 21 heavy (non-hydrogen) atoms. The number of aromatic carboxylic acids is 1. The number of nitrogens with one attached hydrogen (secondary N) is 1. The summed E-state index contributed by atoms with van der Waals surface area (Å²) in [4.78, 5) is 11.1. The molecule has 0 fully saturated rings. The molecule has 7 heteroatoms. The summed E-state index contributed by atoms with van der Waals surface area (Å²) in [6.07, 6.45) is 2.40. The Morgan fingerprint density at radius 3 is 2.81 bits per heavy atom. The van der Waals surface area contributed by atoms with Crippen LogP contribution < -0.4 is 4.72 Å². The van der Waals surface area contributed by atoms with E-state index in [1.165, 1.54) is 11.4 Å². The summed E-state index contributed by atoms with van der Waals surface area (Å²) >= 11 is 0. The van der Waals surface area contributed by atoms with Crippen LogP contribution in [0.1, 0.15) is 47.3 Å². The molecule has 0 radical (unpaired) electrons. The standard InChI is InChI=1S/C14H20N2O4S/c1-3-16(2)21(19,20)15-13-6-4-5-10-7-8-11(14(17)18)9-12(10)13/h7-9,13,15H,3-6H2,1-2H3,(H,17,18). The van der Waals surface area contributed by atoms with E-state index in [9.17, 15) is 13.2 Å². The highest BCUT2D eigenvalue weighted by Gasteiger charge is 2.27. The fraction of sp³-hybridized carbons (Fsp3) is 0.500. The first-order valence-electron chi connectivity index (χ1n) is 6.95. The molecule has 0 spiro atoms. The molecule has 2 N–H and O–H groups in total. The minimum Gasteiger partial charge on any atom is -0.478 e. The van der Waals surface area contributed by atoms with Crippen LogP contribution in [0.5, 0.6) is 0 Å². The second-order valence-electron chi connectivity index (χ2n) is 5.20. The first-order chi connectivity index (χ1) is 9.85. The zero-order valence-corrected chi connectivity index (χ0v) is 13.0. The Morgan fingerprint density at radius 2 is 2.19 bits per heavy atom. The third kappa shape index (κ3) is 3.42. The molecule has 0 amide bonds. The van der Waals surface area contributed by atoms with Crippen molar-refractivity contribution in [3.8, 4) is 0 Å². The molecule has 0 saturated carbocycles. The normalized spacial score (nSPS) is 18.5. The maximum absolute atomic E-state index is 12.2. The molecule has 1 atom stereocenters. The van der Waals surface area contributed by atoms with Crippen LogP contribution in [0.4, 0.5) is 0 Å². The summed E-state index contributed by atoms with van der Waals surface area (Å²) in [6, 6.07) is 4.56. The summed E-state index contributed by atoms with van der Waals surface area (Å²) in [6.45, 7) is 2.14. The van der Waals surface area contributed by atoms with Gasteiger partial charge in [0, 0.05) is 19.6 Å². The van der Waals surface area contributed by atoms with Crippen molar-refractivity contribution in [1.82, 2.24) is 9.03 Å². The SMILES string of the molecule is CCN(C)S(=O)(=O)NC1CCCc2ccc(C(=O)O)cc21. The van der Waals surface area contributed by atoms with Crippen LogP contribution in [0.25, 0.3) is 0 Å². The monoisotopic (exact) mass is 312 g/mol. The highest BCUT2D eigenvalue weighted by molar-refractivity contribution is 7.87. The molecule has 0 heterocycles. The first kappa shape index (κ1) is 15.9. The van der Waals surface area contributed by atoms with Gasteiger partial charge in [0.15, 0.2) is 0 Å². The third-order valence-electron chi connectivity index (χ3n) is 3.85. The fourth-order valence-corrected chi connectivity index (χ4v) is 3.62. The lowest BCUT2D eigenvalue weighted by Gasteiger charge is -2.28. The van der Waals surface area contributed by atoms with E-state index in [1.54, 1.807) is 25.1 Å². The number of fused-ring (bicyclic) bond motifs is 1. The van der Waals surface area contributed by atoms with Gasteiger partial charge in [-0.2, -0.15) is 17.4 Å². The molecule has 2 rings (SSSR count). The Kier molecular flexibility index (Phi) is 4.65. The lowest BCUT2D eigenvalue weighted by molar-refractivity contribution is 0.0696. The Hall–Kier alpha value is -1.44. The average Bonchev–Trinajstić information content (AvgIpc) is 2.45. The van der Waals surface area contributed by atoms with Gasteiger partial charge < -0.3 is 5.11 Å².